The van der Waals surface area contributed by atoms with Gasteiger partial charge in [-0.2, -0.15) is 0 Å². The summed E-state index contributed by atoms with van der Waals surface area (Å²) in [4.78, 5) is 7.09. The van der Waals surface area contributed by atoms with Crippen LogP contribution < -0.4 is 0 Å². The zero-order valence-corrected chi connectivity index (χ0v) is 17.0. The third kappa shape index (κ3) is 2.05. The molecule has 0 bridgehead atoms. The first-order chi connectivity index (χ1) is 13.5. The molecule has 0 radical (unpaired) electrons. The highest BCUT2D eigenvalue weighted by atomic mass is 32.1. The van der Waals surface area contributed by atoms with E-state index in [9.17, 15) is 0 Å². The predicted molar refractivity (Wildman–Crippen MR) is 121 cm³/mol. The average Bonchev–Trinajstić information content (AvgIpc) is 3.34. The fraction of sp³-hybridized carbons (Fsp3) is 0.160. The maximum Gasteiger partial charge on any atom is 0.109 e. The Kier molecular flexibility index (Phi) is 3.06. The molecule has 6 aromatic rings. The molecule has 0 fully saturated rings. The Hall–Kier alpha value is -2.91. The number of nitrogens with zero attached hydrogens (tertiary/aromatic N) is 2. The highest BCUT2D eigenvalue weighted by Gasteiger charge is 2.21. The molecule has 0 atom stereocenters. The van der Waals surface area contributed by atoms with Crippen LogP contribution in [0.4, 0.5) is 0 Å². The summed E-state index contributed by atoms with van der Waals surface area (Å²) in [6.45, 7) is 6.84. The lowest BCUT2D eigenvalue weighted by atomic mass is 9.86. The molecule has 4 heterocycles. The number of para-hydroxylation sites is 1. The number of fused-ring (bicyclic) bond motifs is 6. The van der Waals surface area contributed by atoms with E-state index in [-0.39, 0.29) is 5.41 Å². The minimum Gasteiger partial charge on any atom is -0.299 e. The third-order valence-electron chi connectivity index (χ3n) is 5.78. The molecule has 0 amide bonds. The number of thiophene rings is 1. The van der Waals surface area contributed by atoms with Crippen molar-refractivity contribution in [3.8, 4) is 10.6 Å². The van der Waals surface area contributed by atoms with Crippen molar-refractivity contribution in [1.82, 2.24) is 9.38 Å². The Bertz CT molecular complexity index is 1480. The van der Waals surface area contributed by atoms with E-state index in [1.807, 2.05) is 23.6 Å². The van der Waals surface area contributed by atoms with Crippen molar-refractivity contribution in [2.24, 2.45) is 0 Å². The smallest absolute Gasteiger partial charge is 0.109 e. The minimum absolute atomic E-state index is 0.143. The maximum absolute atomic E-state index is 4.56. The Morgan fingerprint density at radius 2 is 1.64 bits per heavy atom. The van der Waals surface area contributed by atoms with Crippen LogP contribution in [-0.4, -0.2) is 9.38 Å². The predicted octanol–water partition coefficient (Wildman–Crippen LogP) is 7.26. The Morgan fingerprint density at radius 1 is 0.821 bits per heavy atom. The fourth-order valence-corrected chi connectivity index (χ4v) is 5.51. The van der Waals surface area contributed by atoms with Crippen LogP contribution in [0.15, 0.2) is 66.9 Å². The second kappa shape index (κ2) is 5.33. The highest BCUT2D eigenvalue weighted by Crippen LogP contribution is 2.44. The Labute approximate surface area is 167 Å². The summed E-state index contributed by atoms with van der Waals surface area (Å²) < 4.78 is 2.46. The van der Waals surface area contributed by atoms with E-state index in [0.717, 1.165) is 5.69 Å². The first-order valence-electron chi connectivity index (χ1n) is 9.66. The molecule has 6 rings (SSSR count). The van der Waals surface area contributed by atoms with Crippen molar-refractivity contribution in [2.45, 2.75) is 26.2 Å². The number of aromatic nitrogens is 2. The average molecular weight is 381 g/mol. The largest absolute Gasteiger partial charge is 0.299 e. The molecular weight excluding hydrogens is 360 g/mol. The van der Waals surface area contributed by atoms with Gasteiger partial charge in [-0.1, -0.05) is 51.1 Å². The zero-order chi connectivity index (χ0) is 19.0. The van der Waals surface area contributed by atoms with Crippen LogP contribution in [0.1, 0.15) is 26.3 Å². The Morgan fingerprint density at radius 3 is 2.39 bits per heavy atom. The first-order valence-corrected chi connectivity index (χ1v) is 10.5. The zero-order valence-electron chi connectivity index (χ0n) is 16.2. The van der Waals surface area contributed by atoms with Gasteiger partial charge in [-0.15, -0.1) is 11.3 Å². The van der Waals surface area contributed by atoms with Crippen LogP contribution in [0.5, 0.6) is 0 Å². The van der Waals surface area contributed by atoms with Gasteiger partial charge in [0.15, 0.2) is 0 Å². The van der Waals surface area contributed by atoms with E-state index in [2.05, 4.69) is 84.8 Å². The summed E-state index contributed by atoms with van der Waals surface area (Å²) in [6, 6.07) is 22.1. The van der Waals surface area contributed by atoms with Crippen molar-refractivity contribution in [2.75, 3.05) is 0 Å². The quantitative estimate of drug-likeness (QED) is 0.293. The second-order valence-electron chi connectivity index (χ2n) is 8.56. The number of hydrogen-bond donors (Lipinski definition) is 0. The van der Waals surface area contributed by atoms with Gasteiger partial charge >= 0.3 is 0 Å². The van der Waals surface area contributed by atoms with Crippen LogP contribution in [0.3, 0.4) is 0 Å². The molecule has 3 heteroatoms. The van der Waals surface area contributed by atoms with Crippen LogP contribution in [0.25, 0.3) is 48.0 Å². The van der Waals surface area contributed by atoms with Crippen molar-refractivity contribution < 1.29 is 0 Å². The van der Waals surface area contributed by atoms with E-state index < -0.39 is 0 Å². The lowest BCUT2D eigenvalue weighted by Crippen LogP contribution is -2.10. The van der Waals surface area contributed by atoms with E-state index in [0.29, 0.717) is 0 Å². The van der Waals surface area contributed by atoms with Crippen molar-refractivity contribution in [1.29, 1.82) is 0 Å². The van der Waals surface area contributed by atoms with Crippen molar-refractivity contribution >= 4 is 48.7 Å². The van der Waals surface area contributed by atoms with Gasteiger partial charge in [0.2, 0.25) is 0 Å². The third-order valence-corrected chi connectivity index (χ3v) is 6.92. The van der Waals surface area contributed by atoms with Gasteiger partial charge in [-0.05, 0) is 41.3 Å². The highest BCUT2D eigenvalue weighted by molar-refractivity contribution is 7.22. The molecule has 2 nitrogen and oxygen atoms in total. The molecule has 0 saturated carbocycles. The number of rotatable bonds is 1. The number of hydrogen-bond acceptors (Lipinski definition) is 2. The molecule has 0 aliphatic heterocycles. The Balaban J connectivity index is 1.75. The van der Waals surface area contributed by atoms with E-state index in [4.69, 9.17) is 0 Å². The molecular formula is C25H20N2S. The molecule has 4 aromatic heterocycles. The van der Waals surface area contributed by atoms with Crippen LogP contribution in [0, 0.1) is 0 Å². The topological polar surface area (TPSA) is 17.3 Å². The molecule has 0 saturated heterocycles. The summed E-state index contributed by atoms with van der Waals surface area (Å²) >= 11 is 1.83. The van der Waals surface area contributed by atoms with Gasteiger partial charge in [0.25, 0.3) is 0 Å². The monoisotopic (exact) mass is 380 g/mol. The molecule has 2 aromatic carbocycles. The summed E-state index contributed by atoms with van der Waals surface area (Å²) in [5.41, 5.74) is 5.21. The van der Waals surface area contributed by atoms with Gasteiger partial charge in [-0.3, -0.25) is 9.38 Å². The van der Waals surface area contributed by atoms with E-state index >= 15 is 0 Å². The lowest BCUT2D eigenvalue weighted by molar-refractivity contribution is 0.591. The van der Waals surface area contributed by atoms with Crippen LogP contribution in [-0.2, 0) is 5.41 Å². The standard InChI is InChI=1S/C25H20N2S/c1-25(2,3)15-10-11-21-18(13-15)16-7-6-8-17-19-14-22(20-9-4-5-12-26-20)28-24(19)27(21)23(16)17/h4-14H,1-3H3. The fourth-order valence-electron chi connectivity index (χ4n) is 4.34. The van der Waals surface area contributed by atoms with Crippen LogP contribution in [0.2, 0.25) is 0 Å². The van der Waals surface area contributed by atoms with Gasteiger partial charge < -0.3 is 0 Å². The van der Waals surface area contributed by atoms with Crippen molar-refractivity contribution in [3.63, 3.8) is 0 Å². The van der Waals surface area contributed by atoms with Crippen LogP contribution >= 0.6 is 11.3 Å². The molecule has 28 heavy (non-hydrogen) atoms. The van der Waals surface area contributed by atoms with Crippen molar-refractivity contribution in [3.05, 3.63) is 72.4 Å². The summed E-state index contributed by atoms with van der Waals surface area (Å²) in [7, 11) is 0. The maximum atomic E-state index is 4.56. The van der Waals surface area contributed by atoms with Gasteiger partial charge in [0, 0.05) is 27.7 Å². The van der Waals surface area contributed by atoms with Gasteiger partial charge in [0.05, 0.1) is 21.6 Å². The van der Waals surface area contributed by atoms with E-state index in [1.54, 1.807) is 0 Å². The molecule has 0 spiro atoms. The lowest BCUT2D eigenvalue weighted by Gasteiger charge is -2.19. The first kappa shape index (κ1) is 16.1. The number of benzene rings is 2. The van der Waals surface area contributed by atoms with Gasteiger partial charge in [-0.25, -0.2) is 0 Å². The summed E-state index contributed by atoms with van der Waals surface area (Å²) in [6.07, 6.45) is 1.87. The van der Waals surface area contributed by atoms with Gasteiger partial charge in [0.1, 0.15) is 4.83 Å². The summed E-state index contributed by atoms with van der Waals surface area (Å²) in [5, 5.41) is 5.36. The number of pyridine rings is 1. The molecule has 0 aliphatic carbocycles. The van der Waals surface area contributed by atoms with E-state index in [1.165, 1.54) is 47.8 Å². The molecule has 0 unspecified atom stereocenters. The molecule has 136 valence electrons. The molecule has 0 N–H and O–H groups in total. The SMILES string of the molecule is CC(C)(C)c1ccc2c(c1)c1cccc3c4cc(-c5ccccn5)sc4n2c13. The minimum atomic E-state index is 0.143. The normalized spacial score (nSPS) is 12.8. The molecule has 0 aliphatic rings. The second-order valence-corrected chi connectivity index (χ2v) is 9.59. The summed E-state index contributed by atoms with van der Waals surface area (Å²) in [5.74, 6) is 0.